The molecular formula is C32H49N5O7S. The van der Waals surface area contributed by atoms with Gasteiger partial charge in [0.2, 0.25) is 17.6 Å². The van der Waals surface area contributed by atoms with Gasteiger partial charge in [-0.1, -0.05) is 79.0 Å². The Morgan fingerprint density at radius 3 is 2.02 bits per heavy atom. The molecule has 5 amide bonds. The van der Waals surface area contributed by atoms with Gasteiger partial charge in [0.15, 0.2) is 9.84 Å². The van der Waals surface area contributed by atoms with E-state index in [2.05, 4.69) is 16.0 Å². The summed E-state index contributed by atoms with van der Waals surface area (Å²) in [4.78, 5) is 66.5. The first-order valence-electron chi connectivity index (χ1n) is 15.6. The molecule has 1 aromatic carbocycles. The van der Waals surface area contributed by atoms with E-state index in [-0.39, 0.29) is 23.1 Å². The second-order valence-electron chi connectivity index (χ2n) is 14.4. The van der Waals surface area contributed by atoms with E-state index in [1.54, 1.807) is 39.0 Å². The van der Waals surface area contributed by atoms with Crippen molar-refractivity contribution in [1.82, 2.24) is 20.9 Å². The van der Waals surface area contributed by atoms with Crippen molar-refractivity contribution < 1.29 is 32.4 Å². The summed E-state index contributed by atoms with van der Waals surface area (Å²) in [6.45, 7) is 11.1. The normalized spacial score (nSPS) is 19.5. The topological polar surface area (TPSA) is 185 Å². The number of benzene rings is 1. The molecule has 1 saturated heterocycles. The molecule has 5 N–H and O–H groups in total. The van der Waals surface area contributed by atoms with Gasteiger partial charge in [0.25, 0.3) is 5.91 Å². The molecule has 1 aliphatic heterocycles. The molecule has 2 fully saturated rings. The molecule has 0 spiro atoms. The van der Waals surface area contributed by atoms with Crippen LogP contribution in [0, 0.1) is 16.7 Å². The number of ketones is 1. The summed E-state index contributed by atoms with van der Waals surface area (Å²) >= 11 is 0. The highest BCUT2D eigenvalue weighted by Crippen LogP contribution is 2.31. The van der Waals surface area contributed by atoms with E-state index in [1.165, 1.54) is 17.0 Å². The molecule has 1 aromatic rings. The number of Topliss-reactive ketones (excluding diaryl/α,β-unsaturated/α-hetero) is 1. The van der Waals surface area contributed by atoms with Gasteiger partial charge in [-0.3, -0.25) is 19.2 Å². The zero-order valence-electron chi connectivity index (χ0n) is 27.2. The lowest BCUT2D eigenvalue weighted by atomic mass is 9.80. The Kier molecular flexibility index (Phi) is 11.4. The van der Waals surface area contributed by atoms with Crippen molar-refractivity contribution in [1.29, 1.82) is 0 Å². The first-order valence-corrected chi connectivity index (χ1v) is 17.3. The highest BCUT2D eigenvalue weighted by molar-refractivity contribution is 7.91. The Balaban J connectivity index is 1.75. The Morgan fingerprint density at radius 2 is 1.51 bits per heavy atom. The highest BCUT2D eigenvalue weighted by atomic mass is 32.2. The predicted molar refractivity (Wildman–Crippen MR) is 169 cm³/mol. The Labute approximate surface area is 266 Å². The van der Waals surface area contributed by atoms with Gasteiger partial charge < -0.3 is 26.6 Å². The molecule has 0 aromatic heterocycles. The fourth-order valence-electron chi connectivity index (χ4n) is 5.63. The molecule has 1 heterocycles. The standard InChI is InChI=1S/C32H49N5O7S/c1-31(2,3)24(19-45(43,44)21-14-8-7-9-15-21)35-30(42)36-26(32(4,5)6)29(41)37-17-11-16-23(37)28(40)34-22(25(38)27(33)39)18-20-12-10-13-20/h7-9,14-15,20,22-24,26H,10-13,16-19H2,1-6H3,(H2,33,39)(H,34,40)(H2,35,36,42)/t22?,23?,24-,26-/m1/s1. The first-order chi connectivity index (χ1) is 20.8. The number of hydrogen-bond acceptors (Lipinski definition) is 7. The maximum absolute atomic E-state index is 14.0. The minimum absolute atomic E-state index is 0.148. The van der Waals surface area contributed by atoms with Crippen LogP contribution in [0.3, 0.4) is 0 Å². The predicted octanol–water partition coefficient (Wildman–Crippen LogP) is 2.31. The fourth-order valence-corrected chi connectivity index (χ4v) is 7.42. The van der Waals surface area contributed by atoms with E-state index in [1.807, 2.05) is 20.8 Å². The molecule has 3 rings (SSSR count). The van der Waals surface area contributed by atoms with Crippen LogP contribution in [0.1, 0.15) is 80.1 Å². The summed E-state index contributed by atoms with van der Waals surface area (Å²) in [5.41, 5.74) is 3.83. The van der Waals surface area contributed by atoms with Crippen molar-refractivity contribution in [3.63, 3.8) is 0 Å². The summed E-state index contributed by atoms with van der Waals surface area (Å²) in [5, 5.41) is 8.22. The van der Waals surface area contributed by atoms with Crippen molar-refractivity contribution in [3.05, 3.63) is 30.3 Å². The van der Waals surface area contributed by atoms with Gasteiger partial charge in [-0.25, -0.2) is 13.2 Å². The molecule has 1 aliphatic carbocycles. The van der Waals surface area contributed by atoms with Gasteiger partial charge in [0.05, 0.1) is 16.7 Å². The van der Waals surface area contributed by atoms with Crippen molar-refractivity contribution >= 4 is 39.4 Å². The molecule has 4 atom stereocenters. The van der Waals surface area contributed by atoms with Crippen molar-refractivity contribution in [2.45, 2.75) is 109 Å². The van der Waals surface area contributed by atoms with Gasteiger partial charge in [0, 0.05) is 12.6 Å². The summed E-state index contributed by atoms with van der Waals surface area (Å²) in [6, 6.07) is 3.49. The number of likely N-dealkylation sites (tertiary alicyclic amines) is 1. The molecule has 2 aliphatic rings. The molecule has 13 heteroatoms. The molecule has 1 saturated carbocycles. The molecule has 0 radical (unpaired) electrons. The van der Waals surface area contributed by atoms with Crippen LogP contribution in [0.2, 0.25) is 0 Å². The smallest absolute Gasteiger partial charge is 0.315 e. The molecule has 12 nitrogen and oxygen atoms in total. The third-order valence-corrected chi connectivity index (χ3v) is 10.5. The average Bonchev–Trinajstić information content (AvgIpc) is 3.41. The van der Waals surface area contributed by atoms with Crippen LogP contribution in [0.15, 0.2) is 35.2 Å². The summed E-state index contributed by atoms with van der Waals surface area (Å²) < 4.78 is 26.3. The number of primary amides is 1. The highest BCUT2D eigenvalue weighted by Gasteiger charge is 2.43. The third kappa shape index (κ3) is 9.51. The van der Waals surface area contributed by atoms with Crippen LogP contribution < -0.4 is 21.7 Å². The lowest BCUT2D eigenvalue weighted by Crippen LogP contribution is -2.61. The largest absolute Gasteiger partial charge is 0.363 e. The first kappa shape index (κ1) is 36.0. The number of nitrogens with one attached hydrogen (secondary N) is 3. The number of nitrogens with zero attached hydrogens (tertiary/aromatic N) is 1. The molecule has 45 heavy (non-hydrogen) atoms. The Hall–Kier alpha value is -3.48. The van der Waals surface area contributed by atoms with E-state index in [4.69, 9.17) is 5.73 Å². The number of urea groups is 1. The van der Waals surface area contributed by atoms with Crippen LogP contribution in [-0.4, -0.2) is 79.3 Å². The molecule has 250 valence electrons. The van der Waals surface area contributed by atoms with Crippen LogP contribution in [0.25, 0.3) is 0 Å². The summed E-state index contributed by atoms with van der Waals surface area (Å²) in [5.74, 6) is -3.13. The van der Waals surface area contributed by atoms with Crippen molar-refractivity contribution in [2.75, 3.05) is 12.3 Å². The van der Waals surface area contributed by atoms with Gasteiger partial charge >= 0.3 is 6.03 Å². The van der Waals surface area contributed by atoms with E-state index in [0.717, 1.165) is 19.3 Å². The lowest BCUT2D eigenvalue weighted by molar-refractivity contribution is -0.143. The number of nitrogens with two attached hydrogens (primary N) is 1. The molecular weight excluding hydrogens is 598 g/mol. The minimum atomic E-state index is -3.73. The lowest BCUT2D eigenvalue weighted by Gasteiger charge is -2.37. The second kappa shape index (κ2) is 14.3. The van der Waals surface area contributed by atoms with Gasteiger partial charge in [-0.05, 0) is 48.1 Å². The Morgan fingerprint density at radius 1 is 0.889 bits per heavy atom. The van der Waals surface area contributed by atoms with Crippen LogP contribution in [0.5, 0.6) is 0 Å². The molecule has 0 bridgehead atoms. The van der Waals surface area contributed by atoms with Crippen molar-refractivity contribution in [2.24, 2.45) is 22.5 Å². The SMILES string of the molecule is CC(C)(C)[C@H](NC(=O)N[C@H](CS(=O)(=O)c1ccccc1)C(C)(C)C)C(=O)N1CCCC1C(=O)NC(CC1CCC1)C(=O)C(N)=O. The zero-order chi connectivity index (χ0) is 33.7. The zero-order valence-corrected chi connectivity index (χ0v) is 28.0. The van der Waals surface area contributed by atoms with E-state index < -0.39 is 74.4 Å². The third-order valence-electron chi connectivity index (χ3n) is 8.74. The number of rotatable bonds is 12. The quantitative estimate of drug-likeness (QED) is 0.251. The Bertz CT molecular complexity index is 1360. The van der Waals surface area contributed by atoms with E-state index in [9.17, 15) is 32.4 Å². The number of amides is 5. The number of carbonyl (C=O) groups is 5. The van der Waals surface area contributed by atoms with Crippen molar-refractivity contribution in [3.8, 4) is 0 Å². The van der Waals surface area contributed by atoms with Gasteiger partial charge in [0.1, 0.15) is 12.1 Å². The van der Waals surface area contributed by atoms with E-state index >= 15 is 0 Å². The van der Waals surface area contributed by atoms with Gasteiger partial charge in [-0.2, -0.15) is 0 Å². The second-order valence-corrected chi connectivity index (χ2v) is 16.5. The maximum atomic E-state index is 14.0. The number of sulfone groups is 1. The van der Waals surface area contributed by atoms with Crippen LogP contribution in [-0.2, 0) is 29.0 Å². The van der Waals surface area contributed by atoms with Gasteiger partial charge in [-0.15, -0.1) is 0 Å². The number of carbonyl (C=O) groups excluding carboxylic acids is 5. The monoisotopic (exact) mass is 647 g/mol. The number of hydrogen-bond donors (Lipinski definition) is 4. The minimum Gasteiger partial charge on any atom is -0.363 e. The maximum Gasteiger partial charge on any atom is 0.315 e. The van der Waals surface area contributed by atoms with Crippen LogP contribution >= 0.6 is 0 Å². The summed E-state index contributed by atoms with van der Waals surface area (Å²) in [7, 11) is -3.73. The fraction of sp³-hybridized carbons (Fsp3) is 0.656. The summed E-state index contributed by atoms with van der Waals surface area (Å²) in [6.07, 6.45) is 4.03. The molecule has 2 unspecified atom stereocenters. The van der Waals surface area contributed by atoms with Crippen LogP contribution in [0.4, 0.5) is 4.79 Å². The van der Waals surface area contributed by atoms with E-state index in [0.29, 0.717) is 19.3 Å². The average molecular weight is 648 g/mol.